The molecule has 0 atom stereocenters. The van der Waals surface area contributed by atoms with Crippen molar-refractivity contribution in [2.24, 2.45) is 0 Å². The molecule has 1 N–H and O–H groups in total. The molecule has 3 rings (SSSR count). The third kappa shape index (κ3) is 2.56. The average Bonchev–Trinajstić information content (AvgIpc) is 3.00. The van der Waals surface area contributed by atoms with Crippen LogP contribution in [-0.4, -0.2) is 21.7 Å². The lowest BCUT2D eigenvalue weighted by Gasteiger charge is -2.06. The Balaban J connectivity index is 2.08. The van der Waals surface area contributed by atoms with Crippen LogP contribution in [0.5, 0.6) is 0 Å². The van der Waals surface area contributed by atoms with E-state index >= 15 is 0 Å². The van der Waals surface area contributed by atoms with Gasteiger partial charge in [0.1, 0.15) is 4.83 Å². The van der Waals surface area contributed by atoms with Gasteiger partial charge in [-0.3, -0.25) is 4.79 Å². The SMILES string of the molecule is Cc1nn(-c2ccccc2)c2sc(C(=O)NC(C)C)cc12. The van der Waals surface area contributed by atoms with Crippen LogP contribution < -0.4 is 5.32 Å². The summed E-state index contributed by atoms with van der Waals surface area (Å²) in [5.41, 5.74) is 1.95. The Morgan fingerprint density at radius 2 is 2.00 bits per heavy atom. The van der Waals surface area contributed by atoms with Gasteiger partial charge < -0.3 is 5.32 Å². The zero-order chi connectivity index (χ0) is 15.0. The van der Waals surface area contributed by atoms with Crippen LogP contribution in [0.4, 0.5) is 0 Å². The molecular weight excluding hydrogens is 282 g/mol. The van der Waals surface area contributed by atoms with Gasteiger partial charge in [0.05, 0.1) is 16.3 Å². The summed E-state index contributed by atoms with van der Waals surface area (Å²) in [7, 11) is 0. The van der Waals surface area contributed by atoms with Crippen molar-refractivity contribution in [2.45, 2.75) is 26.8 Å². The van der Waals surface area contributed by atoms with E-state index in [4.69, 9.17) is 0 Å². The van der Waals surface area contributed by atoms with Gasteiger partial charge in [-0.25, -0.2) is 4.68 Å². The molecule has 4 nitrogen and oxygen atoms in total. The molecule has 0 radical (unpaired) electrons. The molecule has 1 amide bonds. The highest BCUT2D eigenvalue weighted by molar-refractivity contribution is 7.20. The van der Waals surface area contributed by atoms with E-state index in [0.717, 1.165) is 26.5 Å². The number of rotatable bonds is 3. The predicted molar refractivity (Wildman–Crippen MR) is 86.3 cm³/mol. The number of carbonyl (C=O) groups is 1. The molecule has 21 heavy (non-hydrogen) atoms. The van der Waals surface area contributed by atoms with Crippen molar-refractivity contribution in [2.75, 3.05) is 0 Å². The van der Waals surface area contributed by atoms with Crippen molar-refractivity contribution < 1.29 is 4.79 Å². The first-order chi connectivity index (χ1) is 10.1. The molecular formula is C16H17N3OS. The van der Waals surface area contributed by atoms with Gasteiger partial charge in [-0.2, -0.15) is 5.10 Å². The molecule has 0 fully saturated rings. The minimum absolute atomic E-state index is 0.0230. The largest absolute Gasteiger partial charge is 0.349 e. The van der Waals surface area contributed by atoms with Gasteiger partial charge in [0.15, 0.2) is 0 Å². The lowest BCUT2D eigenvalue weighted by atomic mass is 10.3. The Labute approximate surface area is 127 Å². The second kappa shape index (κ2) is 5.33. The fourth-order valence-corrected chi connectivity index (χ4v) is 3.32. The maximum atomic E-state index is 12.2. The molecule has 2 aromatic heterocycles. The standard InChI is InChI=1S/C16H17N3OS/c1-10(2)17-15(20)14-9-13-11(3)18-19(16(13)21-14)12-7-5-4-6-8-12/h4-10H,1-3H3,(H,17,20). The van der Waals surface area contributed by atoms with Crippen LogP contribution in [0.15, 0.2) is 36.4 Å². The second-order valence-electron chi connectivity index (χ2n) is 5.29. The first-order valence-electron chi connectivity index (χ1n) is 6.91. The van der Waals surface area contributed by atoms with Gasteiger partial charge in [-0.05, 0) is 39.0 Å². The number of aryl methyl sites for hydroxylation is 1. The summed E-state index contributed by atoms with van der Waals surface area (Å²) in [4.78, 5) is 13.9. The van der Waals surface area contributed by atoms with Crippen molar-refractivity contribution in [3.8, 4) is 5.69 Å². The summed E-state index contributed by atoms with van der Waals surface area (Å²) >= 11 is 1.48. The Bertz CT molecular complexity index is 787. The lowest BCUT2D eigenvalue weighted by Crippen LogP contribution is -2.29. The monoisotopic (exact) mass is 299 g/mol. The quantitative estimate of drug-likeness (QED) is 0.804. The Morgan fingerprint density at radius 3 is 2.67 bits per heavy atom. The minimum atomic E-state index is -0.0230. The molecule has 3 aromatic rings. The van der Waals surface area contributed by atoms with Crippen molar-refractivity contribution >= 4 is 27.5 Å². The van der Waals surface area contributed by atoms with Crippen LogP contribution in [0.2, 0.25) is 0 Å². The Morgan fingerprint density at radius 1 is 1.29 bits per heavy atom. The van der Waals surface area contributed by atoms with Gasteiger partial charge >= 0.3 is 0 Å². The average molecular weight is 299 g/mol. The highest BCUT2D eigenvalue weighted by atomic mass is 32.1. The molecule has 2 heterocycles. The van der Waals surface area contributed by atoms with Crippen molar-refractivity contribution in [1.82, 2.24) is 15.1 Å². The summed E-state index contributed by atoms with van der Waals surface area (Å²) < 4.78 is 1.90. The van der Waals surface area contributed by atoms with Crippen LogP contribution in [0.1, 0.15) is 29.2 Å². The molecule has 0 saturated heterocycles. The number of hydrogen-bond acceptors (Lipinski definition) is 3. The molecule has 5 heteroatoms. The van der Waals surface area contributed by atoms with Crippen LogP contribution in [-0.2, 0) is 0 Å². The molecule has 0 saturated carbocycles. The predicted octanol–water partition coefficient (Wildman–Crippen LogP) is 3.53. The number of carbonyl (C=O) groups excluding carboxylic acids is 1. The highest BCUT2D eigenvalue weighted by Crippen LogP contribution is 2.30. The van der Waals surface area contributed by atoms with Crippen LogP contribution in [0, 0.1) is 6.92 Å². The van der Waals surface area contributed by atoms with Crippen LogP contribution >= 0.6 is 11.3 Å². The number of nitrogens with one attached hydrogen (secondary N) is 1. The van der Waals surface area contributed by atoms with Gasteiger partial charge in [0.25, 0.3) is 5.91 Å². The topological polar surface area (TPSA) is 46.9 Å². The van der Waals surface area contributed by atoms with E-state index in [9.17, 15) is 4.79 Å². The number of hydrogen-bond donors (Lipinski definition) is 1. The zero-order valence-corrected chi connectivity index (χ0v) is 13.1. The molecule has 1 aromatic carbocycles. The number of fused-ring (bicyclic) bond motifs is 1. The molecule has 0 unspecified atom stereocenters. The third-order valence-electron chi connectivity index (χ3n) is 3.19. The maximum Gasteiger partial charge on any atom is 0.261 e. The highest BCUT2D eigenvalue weighted by Gasteiger charge is 2.17. The summed E-state index contributed by atoms with van der Waals surface area (Å²) in [6, 6.07) is 12.0. The number of para-hydroxylation sites is 1. The number of thiophene rings is 1. The van der Waals surface area contributed by atoms with Crippen LogP contribution in [0.25, 0.3) is 15.9 Å². The fraction of sp³-hybridized carbons (Fsp3) is 0.250. The first-order valence-corrected chi connectivity index (χ1v) is 7.73. The number of benzene rings is 1. The smallest absolute Gasteiger partial charge is 0.261 e. The van der Waals surface area contributed by atoms with E-state index in [1.54, 1.807) is 0 Å². The van der Waals surface area contributed by atoms with Crippen molar-refractivity contribution in [1.29, 1.82) is 0 Å². The van der Waals surface area contributed by atoms with E-state index in [-0.39, 0.29) is 11.9 Å². The van der Waals surface area contributed by atoms with E-state index in [1.165, 1.54) is 11.3 Å². The van der Waals surface area contributed by atoms with Gasteiger partial charge in [-0.1, -0.05) is 18.2 Å². The fourth-order valence-electron chi connectivity index (χ4n) is 2.24. The third-order valence-corrected chi connectivity index (χ3v) is 4.30. The molecule has 0 aliphatic rings. The van der Waals surface area contributed by atoms with Crippen molar-refractivity contribution in [3.05, 3.63) is 47.0 Å². The molecule has 0 aliphatic carbocycles. The second-order valence-corrected chi connectivity index (χ2v) is 6.32. The molecule has 0 spiro atoms. The van der Waals surface area contributed by atoms with E-state index in [2.05, 4.69) is 10.4 Å². The Hall–Kier alpha value is -2.14. The maximum absolute atomic E-state index is 12.2. The lowest BCUT2D eigenvalue weighted by molar-refractivity contribution is 0.0947. The zero-order valence-electron chi connectivity index (χ0n) is 12.3. The number of nitrogens with zero attached hydrogens (tertiary/aromatic N) is 2. The van der Waals surface area contributed by atoms with Crippen LogP contribution in [0.3, 0.4) is 0 Å². The van der Waals surface area contributed by atoms with E-state index in [1.807, 2.05) is 61.9 Å². The van der Waals surface area contributed by atoms with Gasteiger partial charge in [0.2, 0.25) is 0 Å². The normalized spacial score (nSPS) is 11.2. The first kappa shape index (κ1) is 13.8. The summed E-state index contributed by atoms with van der Waals surface area (Å²) in [5.74, 6) is -0.0230. The summed E-state index contributed by atoms with van der Waals surface area (Å²) in [5, 5.41) is 8.55. The van der Waals surface area contributed by atoms with E-state index < -0.39 is 0 Å². The number of aromatic nitrogens is 2. The van der Waals surface area contributed by atoms with Crippen molar-refractivity contribution in [3.63, 3.8) is 0 Å². The molecule has 0 bridgehead atoms. The van der Waals surface area contributed by atoms with Gasteiger partial charge in [0, 0.05) is 11.4 Å². The molecule has 0 aliphatic heterocycles. The van der Waals surface area contributed by atoms with Gasteiger partial charge in [-0.15, -0.1) is 11.3 Å². The minimum Gasteiger partial charge on any atom is -0.349 e. The summed E-state index contributed by atoms with van der Waals surface area (Å²) in [6.45, 7) is 5.89. The molecule has 108 valence electrons. The summed E-state index contributed by atoms with van der Waals surface area (Å²) in [6.07, 6.45) is 0. The van der Waals surface area contributed by atoms with E-state index in [0.29, 0.717) is 0 Å². The Kier molecular flexibility index (Phi) is 3.51. The number of amides is 1.